The van der Waals surface area contributed by atoms with Crippen LogP contribution in [0.5, 0.6) is 0 Å². The molecular weight excluding hydrogens is 188 g/mol. The number of non-ortho nitro benzene ring substituents is 1. The van der Waals surface area contributed by atoms with E-state index in [9.17, 15) is 14.9 Å². The first kappa shape index (κ1) is 9.97. The number of nitro groups is 1. The zero-order chi connectivity index (χ0) is 10.6. The Bertz CT molecular complexity index is 364. The third kappa shape index (κ3) is 2.74. The minimum atomic E-state index is -1.02. The summed E-state index contributed by atoms with van der Waals surface area (Å²) < 4.78 is 0. The van der Waals surface area contributed by atoms with Gasteiger partial charge in [0.1, 0.15) is 6.54 Å². The van der Waals surface area contributed by atoms with E-state index < -0.39 is 10.9 Å². The summed E-state index contributed by atoms with van der Waals surface area (Å²) in [5.74, 6) is -1.02. The van der Waals surface area contributed by atoms with Crippen molar-refractivity contribution in [2.75, 3.05) is 11.9 Å². The number of carbonyl (C=O) groups is 1. The number of anilines is 1. The number of rotatable bonds is 4. The topological polar surface area (TPSA) is 92.5 Å². The van der Waals surface area contributed by atoms with Gasteiger partial charge in [0.15, 0.2) is 0 Å². The smallest absolute Gasteiger partial charge is 0.322 e. The fourth-order valence-electron chi connectivity index (χ4n) is 0.907. The van der Waals surface area contributed by atoms with Crippen LogP contribution in [0.25, 0.3) is 0 Å². The van der Waals surface area contributed by atoms with Crippen LogP contribution in [0.1, 0.15) is 0 Å². The van der Waals surface area contributed by atoms with Crippen LogP contribution in [-0.2, 0) is 4.79 Å². The summed E-state index contributed by atoms with van der Waals surface area (Å²) in [6.45, 7) is -0.263. The first-order valence-corrected chi connectivity index (χ1v) is 3.79. The molecule has 0 unspecified atom stereocenters. The van der Waals surface area contributed by atoms with E-state index in [2.05, 4.69) is 5.32 Å². The van der Waals surface area contributed by atoms with Gasteiger partial charge in [-0.15, -0.1) is 0 Å². The van der Waals surface area contributed by atoms with Crippen molar-refractivity contribution >= 4 is 17.3 Å². The lowest BCUT2D eigenvalue weighted by Crippen LogP contribution is -2.12. The van der Waals surface area contributed by atoms with Crippen molar-refractivity contribution in [3.8, 4) is 0 Å². The lowest BCUT2D eigenvalue weighted by molar-refractivity contribution is -0.384. The number of aliphatic carboxylic acids is 1. The molecule has 1 aromatic rings. The van der Waals surface area contributed by atoms with Crippen LogP contribution >= 0.6 is 0 Å². The normalized spacial score (nSPS) is 9.43. The molecule has 0 aromatic heterocycles. The third-order valence-corrected chi connectivity index (χ3v) is 1.50. The lowest BCUT2D eigenvalue weighted by Gasteiger charge is -2.01. The highest BCUT2D eigenvalue weighted by molar-refractivity contribution is 5.73. The second-order valence-corrected chi connectivity index (χ2v) is 2.55. The van der Waals surface area contributed by atoms with E-state index in [4.69, 9.17) is 5.11 Å². The summed E-state index contributed by atoms with van der Waals surface area (Å²) in [5.41, 5.74) is 0.349. The maximum Gasteiger partial charge on any atom is 0.322 e. The fraction of sp³-hybridized carbons (Fsp3) is 0.125. The van der Waals surface area contributed by atoms with Gasteiger partial charge in [-0.05, 0) is 6.07 Å². The monoisotopic (exact) mass is 196 g/mol. The van der Waals surface area contributed by atoms with Crippen molar-refractivity contribution in [1.29, 1.82) is 0 Å². The predicted octanol–water partition coefficient (Wildman–Crippen LogP) is 1.09. The van der Waals surface area contributed by atoms with Gasteiger partial charge in [0, 0.05) is 17.8 Å². The fourth-order valence-corrected chi connectivity index (χ4v) is 0.907. The molecule has 6 nitrogen and oxygen atoms in total. The Balaban J connectivity index is 2.73. The molecule has 0 aliphatic carbocycles. The van der Waals surface area contributed by atoms with Gasteiger partial charge in [0.05, 0.1) is 4.92 Å². The second-order valence-electron chi connectivity index (χ2n) is 2.55. The number of carboxylic acid groups (broad SMARTS) is 1. The highest BCUT2D eigenvalue weighted by Crippen LogP contribution is 2.16. The molecule has 0 radical (unpaired) electrons. The van der Waals surface area contributed by atoms with Crippen LogP contribution < -0.4 is 5.32 Å². The van der Waals surface area contributed by atoms with E-state index in [0.717, 1.165) is 0 Å². The zero-order valence-corrected chi connectivity index (χ0v) is 7.14. The predicted molar refractivity (Wildman–Crippen MR) is 49.2 cm³/mol. The van der Waals surface area contributed by atoms with Crippen molar-refractivity contribution < 1.29 is 14.8 Å². The molecule has 0 aliphatic rings. The Morgan fingerprint density at radius 2 is 2.29 bits per heavy atom. The van der Waals surface area contributed by atoms with Crippen molar-refractivity contribution in [3.63, 3.8) is 0 Å². The highest BCUT2D eigenvalue weighted by Gasteiger charge is 2.05. The van der Waals surface area contributed by atoms with Gasteiger partial charge >= 0.3 is 5.97 Å². The average molecular weight is 196 g/mol. The molecule has 0 saturated carbocycles. The molecule has 0 atom stereocenters. The first-order chi connectivity index (χ1) is 6.59. The van der Waals surface area contributed by atoms with E-state index in [0.29, 0.717) is 5.69 Å². The second kappa shape index (κ2) is 4.22. The van der Waals surface area contributed by atoms with Crippen LogP contribution in [0.3, 0.4) is 0 Å². The Kier molecular flexibility index (Phi) is 3.01. The number of nitrogens with zero attached hydrogens (tertiary/aromatic N) is 1. The van der Waals surface area contributed by atoms with Gasteiger partial charge in [-0.25, -0.2) is 0 Å². The SMILES string of the molecule is O=C(O)CNc1cccc([N+](=O)[O-])c1. The summed E-state index contributed by atoms with van der Waals surface area (Å²) in [7, 11) is 0. The molecule has 2 N–H and O–H groups in total. The van der Waals surface area contributed by atoms with Gasteiger partial charge in [-0.1, -0.05) is 6.07 Å². The van der Waals surface area contributed by atoms with E-state index >= 15 is 0 Å². The molecule has 0 spiro atoms. The van der Waals surface area contributed by atoms with Crippen LogP contribution in [0.15, 0.2) is 24.3 Å². The summed E-state index contributed by atoms with van der Waals surface area (Å²) in [6.07, 6.45) is 0. The molecule has 1 aromatic carbocycles. The van der Waals surface area contributed by atoms with Gasteiger partial charge < -0.3 is 10.4 Å². The average Bonchev–Trinajstić information content (AvgIpc) is 2.15. The highest BCUT2D eigenvalue weighted by atomic mass is 16.6. The number of hydrogen-bond donors (Lipinski definition) is 2. The Morgan fingerprint density at radius 3 is 2.86 bits per heavy atom. The third-order valence-electron chi connectivity index (χ3n) is 1.50. The Hall–Kier alpha value is -2.11. The molecule has 1 rings (SSSR count). The quantitative estimate of drug-likeness (QED) is 0.555. The molecule has 6 heteroatoms. The van der Waals surface area contributed by atoms with Crippen LogP contribution in [-0.4, -0.2) is 22.5 Å². The number of hydrogen-bond acceptors (Lipinski definition) is 4. The number of carboxylic acids is 1. The summed E-state index contributed by atoms with van der Waals surface area (Å²) in [4.78, 5) is 20.0. The maximum atomic E-state index is 10.4. The van der Waals surface area contributed by atoms with Crippen molar-refractivity contribution in [2.24, 2.45) is 0 Å². The van der Waals surface area contributed by atoms with E-state index in [1.54, 1.807) is 6.07 Å². The molecular formula is C8H8N2O4. The van der Waals surface area contributed by atoms with Crippen molar-refractivity contribution in [1.82, 2.24) is 0 Å². The van der Waals surface area contributed by atoms with Crippen LogP contribution in [0.4, 0.5) is 11.4 Å². The zero-order valence-electron chi connectivity index (χ0n) is 7.14. The van der Waals surface area contributed by atoms with E-state index in [-0.39, 0.29) is 12.2 Å². The summed E-state index contributed by atoms with van der Waals surface area (Å²) in [6, 6.07) is 5.67. The Morgan fingerprint density at radius 1 is 1.57 bits per heavy atom. The number of benzene rings is 1. The molecule has 0 saturated heterocycles. The molecule has 0 heterocycles. The van der Waals surface area contributed by atoms with Gasteiger partial charge in [-0.3, -0.25) is 14.9 Å². The molecule has 14 heavy (non-hydrogen) atoms. The van der Waals surface area contributed by atoms with E-state index in [1.807, 2.05) is 0 Å². The molecule has 0 bridgehead atoms. The molecule has 0 aliphatic heterocycles. The minimum absolute atomic E-state index is 0.0691. The number of nitrogens with one attached hydrogen (secondary N) is 1. The van der Waals surface area contributed by atoms with E-state index in [1.165, 1.54) is 18.2 Å². The van der Waals surface area contributed by atoms with Crippen molar-refractivity contribution in [3.05, 3.63) is 34.4 Å². The lowest BCUT2D eigenvalue weighted by atomic mass is 10.3. The largest absolute Gasteiger partial charge is 0.480 e. The maximum absolute atomic E-state index is 10.4. The molecule has 0 amide bonds. The van der Waals surface area contributed by atoms with Gasteiger partial charge in [0.2, 0.25) is 0 Å². The van der Waals surface area contributed by atoms with Crippen LogP contribution in [0, 0.1) is 10.1 Å². The van der Waals surface area contributed by atoms with Crippen LogP contribution in [0.2, 0.25) is 0 Å². The Labute approximate surface area is 79.3 Å². The summed E-state index contributed by atoms with van der Waals surface area (Å²) >= 11 is 0. The van der Waals surface area contributed by atoms with Gasteiger partial charge in [0.25, 0.3) is 5.69 Å². The summed E-state index contributed by atoms with van der Waals surface area (Å²) in [5, 5.41) is 21.2. The van der Waals surface area contributed by atoms with Gasteiger partial charge in [-0.2, -0.15) is 0 Å². The first-order valence-electron chi connectivity index (χ1n) is 3.79. The molecule has 74 valence electrons. The standard InChI is InChI=1S/C8H8N2O4/c11-8(12)5-9-6-2-1-3-7(4-6)10(13)14/h1-4,9H,5H2,(H,11,12). The molecule has 0 fully saturated rings. The van der Waals surface area contributed by atoms with Crippen molar-refractivity contribution in [2.45, 2.75) is 0 Å². The minimum Gasteiger partial charge on any atom is -0.480 e. The number of nitro benzene ring substituents is 1.